The first-order valence-corrected chi connectivity index (χ1v) is 30.3. The fraction of sp³-hybridized carbons (Fsp3) is 0.887. The van der Waals surface area contributed by atoms with Gasteiger partial charge in [-0.25, -0.2) is 0 Å². The van der Waals surface area contributed by atoms with Crippen molar-refractivity contribution >= 4 is 17.9 Å². The monoisotopic (exact) mass is 957 g/mol. The summed E-state index contributed by atoms with van der Waals surface area (Å²) in [5, 5.41) is 0. The summed E-state index contributed by atoms with van der Waals surface area (Å²) in [6, 6.07) is 0. The molecule has 0 unspecified atom stereocenters. The average molecular weight is 958 g/mol. The van der Waals surface area contributed by atoms with Gasteiger partial charge in [0.15, 0.2) is 6.10 Å². The van der Waals surface area contributed by atoms with Crippen molar-refractivity contribution in [3.8, 4) is 0 Å². The molecule has 0 heterocycles. The van der Waals surface area contributed by atoms with Gasteiger partial charge in [0.25, 0.3) is 0 Å². The van der Waals surface area contributed by atoms with Crippen LogP contribution in [0, 0.1) is 0 Å². The largest absolute Gasteiger partial charge is 0.462 e. The van der Waals surface area contributed by atoms with Crippen LogP contribution in [0.4, 0.5) is 0 Å². The van der Waals surface area contributed by atoms with E-state index in [1.54, 1.807) is 0 Å². The first kappa shape index (κ1) is 65.9. The van der Waals surface area contributed by atoms with Gasteiger partial charge in [0.05, 0.1) is 0 Å². The SMILES string of the molecule is CCCCCCC/C=C\CCCCCCCC(=O)OC[C@H](COC(=O)CCCCCCCCCCCCCCCCCCCCC)OC(=O)CCCCCCCCC/C=C\CCCCCCCC. The van der Waals surface area contributed by atoms with Crippen molar-refractivity contribution in [3.05, 3.63) is 24.3 Å². The lowest BCUT2D eigenvalue weighted by Crippen LogP contribution is -2.30. The van der Waals surface area contributed by atoms with Crippen LogP contribution in [0.5, 0.6) is 0 Å². The zero-order valence-electron chi connectivity index (χ0n) is 45.9. The molecule has 0 rings (SSSR count). The lowest BCUT2D eigenvalue weighted by atomic mass is 10.0. The highest BCUT2D eigenvalue weighted by Gasteiger charge is 2.19. The molecule has 0 aromatic rings. The highest BCUT2D eigenvalue weighted by molar-refractivity contribution is 5.71. The number of allylic oxidation sites excluding steroid dienone is 4. The molecule has 1 atom stereocenters. The molecule has 0 saturated carbocycles. The van der Waals surface area contributed by atoms with E-state index in [1.165, 1.54) is 231 Å². The summed E-state index contributed by atoms with van der Waals surface area (Å²) in [7, 11) is 0. The Morgan fingerprint density at radius 1 is 0.279 bits per heavy atom. The van der Waals surface area contributed by atoms with E-state index in [9.17, 15) is 14.4 Å². The van der Waals surface area contributed by atoms with Gasteiger partial charge in [-0.15, -0.1) is 0 Å². The molecular formula is C62H116O6. The Balaban J connectivity index is 4.32. The molecule has 0 spiro atoms. The Labute approximate surface area is 423 Å². The van der Waals surface area contributed by atoms with Crippen LogP contribution in [0.15, 0.2) is 24.3 Å². The van der Waals surface area contributed by atoms with E-state index in [1.807, 2.05) is 0 Å². The molecule has 6 heteroatoms. The Kier molecular flexibility index (Phi) is 55.7. The van der Waals surface area contributed by atoms with Gasteiger partial charge in [-0.3, -0.25) is 14.4 Å². The third-order valence-electron chi connectivity index (χ3n) is 13.7. The van der Waals surface area contributed by atoms with E-state index in [0.717, 1.165) is 64.2 Å². The number of carbonyl (C=O) groups excluding carboxylic acids is 3. The maximum Gasteiger partial charge on any atom is 0.306 e. The van der Waals surface area contributed by atoms with Crippen LogP contribution >= 0.6 is 0 Å². The first-order valence-electron chi connectivity index (χ1n) is 30.3. The van der Waals surface area contributed by atoms with Crippen molar-refractivity contribution in [2.75, 3.05) is 13.2 Å². The topological polar surface area (TPSA) is 78.9 Å². The molecule has 0 radical (unpaired) electrons. The molecule has 0 aromatic heterocycles. The van der Waals surface area contributed by atoms with Crippen molar-refractivity contribution in [2.24, 2.45) is 0 Å². The van der Waals surface area contributed by atoms with Gasteiger partial charge < -0.3 is 14.2 Å². The second-order valence-corrected chi connectivity index (χ2v) is 20.6. The number of rotatable bonds is 56. The summed E-state index contributed by atoms with van der Waals surface area (Å²) < 4.78 is 16.9. The normalized spacial score (nSPS) is 12.1. The number of esters is 3. The van der Waals surface area contributed by atoms with Crippen LogP contribution in [0.25, 0.3) is 0 Å². The summed E-state index contributed by atoms with van der Waals surface area (Å²) in [5.74, 6) is -0.862. The average Bonchev–Trinajstić information content (AvgIpc) is 3.34. The van der Waals surface area contributed by atoms with E-state index in [0.29, 0.717) is 19.3 Å². The van der Waals surface area contributed by atoms with Crippen molar-refractivity contribution < 1.29 is 28.6 Å². The second-order valence-electron chi connectivity index (χ2n) is 20.6. The fourth-order valence-corrected chi connectivity index (χ4v) is 9.08. The third kappa shape index (κ3) is 54.8. The minimum atomic E-state index is -0.773. The molecular weight excluding hydrogens is 841 g/mol. The summed E-state index contributed by atoms with van der Waals surface area (Å²) in [5.41, 5.74) is 0. The van der Waals surface area contributed by atoms with Crippen LogP contribution in [0.3, 0.4) is 0 Å². The quantitative estimate of drug-likeness (QED) is 0.0262. The molecule has 0 fully saturated rings. The van der Waals surface area contributed by atoms with Gasteiger partial charge in [-0.1, -0.05) is 270 Å². The van der Waals surface area contributed by atoms with Crippen LogP contribution < -0.4 is 0 Å². The molecule has 6 nitrogen and oxygen atoms in total. The molecule has 0 saturated heterocycles. The Morgan fingerprint density at radius 3 is 0.735 bits per heavy atom. The number of hydrogen-bond acceptors (Lipinski definition) is 6. The second kappa shape index (κ2) is 57.5. The zero-order valence-corrected chi connectivity index (χ0v) is 45.9. The van der Waals surface area contributed by atoms with Gasteiger partial charge in [0.2, 0.25) is 0 Å². The lowest BCUT2D eigenvalue weighted by molar-refractivity contribution is -0.167. The van der Waals surface area contributed by atoms with Crippen LogP contribution in [-0.2, 0) is 28.6 Å². The molecule has 0 N–H and O–H groups in total. The first-order chi connectivity index (χ1) is 33.5. The van der Waals surface area contributed by atoms with Crippen molar-refractivity contribution in [2.45, 2.75) is 341 Å². The predicted molar refractivity (Wildman–Crippen MR) is 293 cm³/mol. The van der Waals surface area contributed by atoms with E-state index in [4.69, 9.17) is 14.2 Å². The Morgan fingerprint density at radius 2 is 0.485 bits per heavy atom. The Bertz CT molecular complexity index is 1100. The standard InChI is InChI=1S/C62H116O6/c1-4-7-10-13-16-19-22-25-28-30-31-33-34-37-40-43-46-49-52-55-61(64)67-58-59(57-66-60(63)54-51-48-45-42-39-36-27-24-21-18-15-12-9-6-3)68-62(65)56-53-50-47-44-41-38-35-32-29-26-23-20-17-14-11-8-5-2/h24,26-27,29,59H,4-23,25,28,30-58H2,1-3H3/b27-24-,29-26-/t59-/m1/s1. The predicted octanol–water partition coefficient (Wildman–Crippen LogP) is 20.3. The van der Waals surface area contributed by atoms with Crippen molar-refractivity contribution in [3.63, 3.8) is 0 Å². The van der Waals surface area contributed by atoms with Crippen LogP contribution in [-0.4, -0.2) is 37.2 Å². The summed E-state index contributed by atoms with van der Waals surface area (Å²) >= 11 is 0. The molecule has 0 aliphatic rings. The van der Waals surface area contributed by atoms with Gasteiger partial charge in [0, 0.05) is 19.3 Å². The molecule has 0 bridgehead atoms. The van der Waals surface area contributed by atoms with Crippen molar-refractivity contribution in [1.29, 1.82) is 0 Å². The number of carbonyl (C=O) groups is 3. The maximum absolute atomic E-state index is 12.9. The number of hydrogen-bond donors (Lipinski definition) is 0. The number of ether oxygens (including phenoxy) is 3. The molecule has 400 valence electrons. The smallest absolute Gasteiger partial charge is 0.306 e. The third-order valence-corrected chi connectivity index (χ3v) is 13.7. The van der Waals surface area contributed by atoms with Gasteiger partial charge >= 0.3 is 17.9 Å². The fourth-order valence-electron chi connectivity index (χ4n) is 9.08. The highest BCUT2D eigenvalue weighted by Crippen LogP contribution is 2.17. The summed E-state index contributed by atoms with van der Waals surface area (Å²) in [4.78, 5) is 38.2. The van der Waals surface area contributed by atoms with Gasteiger partial charge in [-0.2, -0.15) is 0 Å². The van der Waals surface area contributed by atoms with E-state index >= 15 is 0 Å². The van der Waals surface area contributed by atoms with Gasteiger partial charge in [0.1, 0.15) is 13.2 Å². The van der Waals surface area contributed by atoms with E-state index in [-0.39, 0.29) is 31.1 Å². The molecule has 0 aliphatic carbocycles. The van der Waals surface area contributed by atoms with E-state index in [2.05, 4.69) is 45.1 Å². The summed E-state index contributed by atoms with van der Waals surface area (Å²) in [6.45, 7) is 6.67. The van der Waals surface area contributed by atoms with Crippen LogP contribution in [0.1, 0.15) is 335 Å². The van der Waals surface area contributed by atoms with Crippen molar-refractivity contribution in [1.82, 2.24) is 0 Å². The Hall–Kier alpha value is -2.11. The maximum atomic E-state index is 12.9. The molecule has 0 amide bonds. The van der Waals surface area contributed by atoms with Crippen LogP contribution in [0.2, 0.25) is 0 Å². The lowest BCUT2D eigenvalue weighted by Gasteiger charge is -2.18. The molecule has 0 aliphatic heterocycles. The van der Waals surface area contributed by atoms with Gasteiger partial charge in [-0.05, 0) is 70.6 Å². The minimum Gasteiger partial charge on any atom is -0.462 e. The minimum absolute atomic E-state index is 0.0709. The highest BCUT2D eigenvalue weighted by atomic mass is 16.6. The molecule has 68 heavy (non-hydrogen) atoms. The summed E-state index contributed by atoms with van der Waals surface area (Å²) in [6.07, 6.45) is 67.4. The number of unbranched alkanes of at least 4 members (excludes halogenated alkanes) is 41. The zero-order chi connectivity index (χ0) is 49.3. The molecule has 0 aromatic carbocycles. The van der Waals surface area contributed by atoms with E-state index < -0.39 is 6.10 Å².